The van der Waals surface area contributed by atoms with Crippen LogP contribution in [-0.2, 0) is 0 Å². The van der Waals surface area contributed by atoms with Crippen molar-refractivity contribution in [2.45, 2.75) is 5.92 Å². The third-order valence-corrected chi connectivity index (χ3v) is 4.76. The van der Waals surface area contributed by atoms with E-state index in [1.165, 1.54) is 0 Å². The number of phenolic OH excluding ortho intramolecular Hbond substituents is 1. The first-order chi connectivity index (χ1) is 13.1. The summed E-state index contributed by atoms with van der Waals surface area (Å²) >= 11 is 0. The first-order valence-corrected chi connectivity index (χ1v) is 8.70. The van der Waals surface area contributed by atoms with Gasteiger partial charge in [0.2, 0.25) is 6.54 Å². The number of aromatic nitrogens is 1. The van der Waals surface area contributed by atoms with E-state index in [0.29, 0.717) is 5.56 Å². The third kappa shape index (κ3) is 3.27. The minimum absolute atomic E-state index is 0.0990. The highest BCUT2D eigenvalue weighted by molar-refractivity contribution is 5.92. The molecule has 1 aromatic heterocycles. The molecule has 0 radical (unpaired) electrons. The van der Waals surface area contributed by atoms with Gasteiger partial charge in [-0.3, -0.25) is 10.1 Å². The molecule has 0 fully saturated rings. The fourth-order valence-corrected chi connectivity index (χ4v) is 3.61. The topological polar surface area (TPSA) is 79.2 Å². The van der Waals surface area contributed by atoms with Gasteiger partial charge in [0.25, 0.3) is 0 Å². The Labute approximate surface area is 156 Å². The molecule has 27 heavy (non-hydrogen) atoms. The molecule has 0 aliphatic rings. The lowest BCUT2D eigenvalue weighted by molar-refractivity contribution is -0.481. The molecule has 0 saturated carbocycles. The Kier molecular flexibility index (Phi) is 4.34. The minimum atomic E-state index is -0.488. The highest BCUT2D eigenvalue weighted by atomic mass is 16.6. The van der Waals surface area contributed by atoms with Crippen LogP contribution >= 0.6 is 0 Å². The maximum Gasteiger partial charge on any atom is 0.214 e. The number of H-pyrrole nitrogens is 1. The van der Waals surface area contributed by atoms with Crippen molar-refractivity contribution in [3.05, 3.63) is 100 Å². The van der Waals surface area contributed by atoms with Crippen LogP contribution in [0.25, 0.3) is 22.2 Å². The Bertz CT molecular complexity index is 1100. The highest BCUT2D eigenvalue weighted by Crippen LogP contribution is 2.39. The van der Waals surface area contributed by atoms with Crippen LogP contribution in [0.3, 0.4) is 0 Å². The number of rotatable bonds is 5. The number of benzene rings is 3. The molecular weight excluding hydrogens is 340 g/mol. The van der Waals surface area contributed by atoms with Crippen LogP contribution in [0, 0.1) is 10.1 Å². The molecule has 1 unspecified atom stereocenters. The molecule has 0 aliphatic heterocycles. The highest BCUT2D eigenvalue weighted by Gasteiger charge is 2.27. The van der Waals surface area contributed by atoms with Gasteiger partial charge in [-0.05, 0) is 34.9 Å². The van der Waals surface area contributed by atoms with Crippen LogP contribution in [-0.4, -0.2) is 21.6 Å². The van der Waals surface area contributed by atoms with E-state index in [9.17, 15) is 15.2 Å². The van der Waals surface area contributed by atoms with Crippen LogP contribution in [0.4, 0.5) is 0 Å². The van der Waals surface area contributed by atoms with Crippen molar-refractivity contribution in [2.24, 2.45) is 0 Å². The van der Waals surface area contributed by atoms with Gasteiger partial charge in [-0.15, -0.1) is 0 Å². The van der Waals surface area contributed by atoms with Crippen LogP contribution in [0.2, 0.25) is 0 Å². The molecule has 0 bridgehead atoms. The summed E-state index contributed by atoms with van der Waals surface area (Å²) in [4.78, 5) is 14.6. The van der Waals surface area contributed by atoms with E-state index in [1.54, 1.807) is 18.2 Å². The van der Waals surface area contributed by atoms with Gasteiger partial charge in [0.15, 0.2) is 0 Å². The predicted octanol–water partition coefficient (Wildman–Crippen LogP) is 4.95. The lowest BCUT2D eigenvalue weighted by Crippen LogP contribution is -2.14. The Balaban J connectivity index is 2.00. The first-order valence-electron chi connectivity index (χ1n) is 8.70. The van der Waals surface area contributed by atoms with E-state index in [2.05, 4.69) is 4.98 Å². The molecule has 0 saturated heterocycles. The quantitative estimate of drug-likeness (QED) is 0.391. The monoisotopic (exact) mass is 358 g/mol. The van der Waals surface area contributed by atoms with Gasteiger partial charge in [0.1, 0.15) is 5.75 Å². The average molecular weight is 358 g/mol. The maximum atomic E-state index is 11.5. The minimum Gasteiger partial charge on any atom is -0.508 e. The first kappa shape index (κ1) is 16.8. The van der Waals surface area contributed by atoms with Gasteiger partial charge < -0.3 is 10.1 Å². The summed E-state index contributed by atoms with van der Waals surface area (Å²) in [6.45, 7) is -0.259. The fourth-order valence-electron chi connectivity index (χ4n) is 3.61. The number of para-hydroxylation sites is 1. The number of aromatic amines is 1. The van der Waals surface area contributed by atoms with Gasteiger partial charge in [-0.2, -0.15) is 0 Å². The largest absolute Gasteiger partial charge is 0.508 e. The van der Waals surface area contributed by atoms with Crippen molar-refractivity contribution in [1.29, 1.82) is 0 Å². The van der Waals surface area contributed by atoms with E-state index in [1.807, 2.05) is 60.7 Å². The fraction of sp³-hybridized carbons (Fsp3) is 0.0909. The number of nitrogens with zero attached hydrogens (tertiary/aromatic N) is 1. The summed E-state index contributed by atoms with van der Waals surface area (Å²) < 4.78 is 0. The molecule has 1 heterocycles. The van der Waals surface area contributed by atoms with Crippen molar-refractivity contribution < 1.29 is 10.0 Å². The normalized spacial score (nSPS) is 12.1. The zero-order valence-corrected chi connectivity index (χ0v) is 14.5. The summed E-state index contributed by atoms with van der Waals surface area (Å²) in [5, 5.41) is 22.3. The average Bonchev–Trinajstić information content (AvgIpc) is 3.06. The summed E-state index contributed by atoms with van der Waals surface area (Å²) in [7, 11) is 0. The molecule has 4 aromatic rings. The Hall–Kier alpha value is -3.60. The summed E-state index contributed by atoms with van der Waals surface area (Å²) in [6.07, 6.45) is 0. The molecule has 4 rings (SSSR count). The summed E-state index contributed by atoms with van der Waals surface area (Å²) in [5.74, 6) is -0.389. The Morgan fingerprint density at radius 1 is 0.963 bits per heavy atom. The summed E-state index contributed by atoms with van der Waals surface area (Å²) in [6, 6.07) is 24.3. The van der Waals surface area contributed by atoms with Crippen molar-refractivity contribution in [2.75, 3.05) is 6.54 Å². The van der Waals surface area contributed by atoms with Crippen LogP contribution in [0.15, 0.2) is 78.9 Å². The second-order valence-electron chi connectivity index (χ2n) is 6.49. The van der Waals surface area contributed by atoms with Gasteiger partial charge in [0.05, 0.1) is 11.6 Å². The molecule has 2 N–H and O–H groups in total. The Morgan fingerprint density at radius 2 is 1.70 bits per heavy atom. The maximum absolute atomic E-state index is 11.5. The molecular formula is C22H18N2O3. The lowest BCUT2D eigenvalue weighted by Gasteiger charge is -2.16. The molecule has 5 nitrogen and oxygen atoms in total. The Morgan fingerprint density at radius 3 is 2.44 bits per heavy atom. The van der Waals surface area contributed by atoms with Crippen LogP contribution in [0.1, 0.15) is 17.0 Å². The molecule has 5 heteroatoms. The standard InChI is InChI=1S/C22H18N2O3/c25-17-10-6-9-16(13-17)19(14-24(26)27)21-18-11-4-5-12-20(18)23-22(21)15-7-2-1-3-8-15/h1-13,19,23,25H,14H2. The molecule has 0 amide bonds. The number of nitrogens with one attached hydrogen (secondary N) is 1. The second-order valence-corrected chi connectivity index (χ2v) is 6.49. The van der Waals surface area contributed by atoms with Gasteiger partial charge in [0, 0.05) is 15.8 Å². The number of nitro groups is 1. The van der Waals surface area contributed by atoms with Crippen molar-refractivity contribution in [3.8, 4) is 17.0 Å². The molecule has 0 aliphatic carbocycles. The van der Waals surface area contributed by atoms with E-state index < -0.39 is 5.92 Å². The van der Waals surface area contributed by atoms with Crippen molar-refractivity contribution >= 4 is 10.9 Å². The number of aromatic hydroxyl groups is 1. The zero-order valence-electron chi connectivity index (χ0n) is 14.5. The number of hydrogen-bond donors (Lipinski definition) is 2. The third-order valence-electron chi connectivity index (χ3n) is 4.76. The zero-order chi connectivity index (χ0) is 18.8. The number of phenols is 1. The predicted molar refractivity (Wildman–Crippen MR) is 106 cm³/mol. The van der Waals surface area contributed by atoms with E-state index in [0.717, 1.165) is 27.7 Å². The smallest absolute Gasteiger partial charge is 0.214 e. The van der Waals surface area contributed by atoms with Gasteiger partial charge in [-0.1, -0.05) is 60.7 Å². The molecule has 3 aromatic carbocycles. The summed E-state index contributed by atoms with van der Waals surface area (Å²) in [5.41, 5.74) is 4.36. The number of fused-ring (bicyclic) bond motifs is 1. The lowest BCUT2D eigenvalue weighted by atomic mass is 9.87. The van der Waals surface area contributed by atoms with Crippen molar-refractivity contribution in [1.82, 2.24) is 4.98 Å². The second kappa shape index (κ2) is 6.96. The number of hydrogen-bond acceptors (Lipinski definition) is 3. The van der Waals surface area contributed by atoms with Gasteiger partial charge >= 0.3 is 0 Å². The van der Waals surface area contributed by atoms with E-state index >= 15 is 0 Å². The van der Waals surface area contributed by atoms with Gasteiger partial charge in [-0.25, -0.2) is 0 Å². The molecule has 0 spiro atoms. The van der Waals surface area contributed by atoms with Crippen LogP contribution < -0.4 is 0 Å². The molecule has 134 valence electrons. The van der Waals surface area contributed by atoms with E-state index in [4.69, 9.17) is 0 Å². The van der Waals surface area contributed by atoms with E-state index in [-0.39, 0.29) is 17.2 Å². The SMILES string of the molecule is O=[N+]([O-])CC(c1cccc(O)c1)c1c(-c2ccccc2)[nH]c2ccccc12. The molecule has 1 atom stereocenters. The van der Waals surface area contributed by atoms with Crippen LogP contribution in [0.5, 0.6) is 5.75 Å². The van der Waals surface area contributed by atoms with Crippen molar-refractivity contribution in [3.63, 3.8) is 0 Å².